The van der Waals surface area contributed by atoms with Gasteiger partial charge in [0.15, 0.2) is 0 Å². The summed E-state index contributed by atoms with van der Waals surface area (Å²) in [7, 11) is 1.37. The molecule has 0 unspecified atom stereocenters. The molecule has 1 aromatic carbocycles. The third-order valence-electron chi connectivity index (χ3n) is 3.74. The van der Waals surface area contributed by atoms with Crippen LogP contribution in [0.4, 0.5) is 4.39 Å². The number of amides is 1. The van der Waals surface area contributed by atoms with E-state index in [4.69, 9.17) is 11.6 Å². The lowest BCUT2D eigenvalue weighted by Gasteiger charge is -2.11. The molecule has 9 heteroatoms. The van der Waals surface area contributed by atoms with Gasteiger partial charge in [-0.2, -0.15) is 0 Å². The SMILES string of the molecule is Cn1c(=O)c2sccc2n(CC(=O)NCc2ccc(F)cc2Cl)c1=O. The highest BCUT2D eigenvalue weighted by molar-refractivity contribution is 7.17. The van der Waals surface area contributed by atoms with Gasteiger partial charge in [0, 0.05) is 18.6 Å². The Kier molecular flexibility index (Phi) is 4.73. The number of hydrogen-bond donors (Lipinski definition) is 1. The molecule has 25 heavy (non-hydrogen) atoms. The van der Waals surface area contributed by atoms with Crippen molar-refractivity contribution in [2.75, 3.05) is 0 Å². The Balaban J connectivity index is 1.82. The summed E-state index contributed by atoms with van der Waals surface area (Å²) in [5.74, 6) is -0.884. The molecule has 0 saturated heterocycles. The quantitative estimate of drug-likeness (QED) is 0.749. The van der Waals surface area contributed by atoms with Crippen molar-refractivity contribution in [3.8, 4) is 0 Å². The Bertz CT molecular complexity index is 1090. The number of carbonyl (C=O) groups is 1. The van der Waals surface area contributed by atoms with Gasteiger partial charge in [0.05, 0.1) is 5.52 Å². The van der Waals surface area contributed by atoms with Gasteiger partial charge in [-0.05, 0) is 29.1 Å². The zero-order chi connectivity index (χ0) is 18.1. The molecule has 3 aromatic rings. The summed E-state index contributed by atoms with van der Waals surface area (Å²) in [6, 6.07) is 5.52. The molecule has 0 aliphatic rings. The second-order valence-electron chi connectivity index (χ2n) is 5.38. The Morgan fingerprint density at radius 3 is 2.80 bits per heavy atom. The molecule has 0 aliphatic heterocycles. The fraction of sp³-hybridized carbons (Fsp3) is 0.188. The van der Waals surface area contributed by atoms with Crippen LogP contribution in [0, 0.1) is 5.82 Å². The first-order chi connectivity index (χ1) is 11.9. The lowest BCUT2D eigenvalue weighted by Crippen LogP contribution is -2.40. The van der Waals surface area contributed by atoms with E-state index in [1.165, 1.54) is 35.1 Å². The van der Waals surface area contributed by atoms with E-state index in [1.807, 2.05) is 0 Å². The van der Waals surface area contributed by atoms with E-state index in [0.29, 0.717) is 15.8 Å². The number of carbonyl (C=O) groups excluding carboxylic acids is 1. The minimum atomic E-state index is -0.564. The summed E-state index contributed by atoms with van der Waals surface area (Å²) in [6.45, 7) is -0.135. The standard InChI is InChI=1S/C16H13ClFN3O3S/c1-20-15(23)14-12(4-5-25-14)21(16(20)24)8-13(22)19-7-9-2-3-10(18)6-11(9)17/h2-6H,7-8H2,1H3,(H,19,22). The summed E-state index contributed by atoms with van der Waals surface area (Å²) in [4.78, 5) is 36.5. The van der Waals surface area contributed by atoms with Gasteiger partial charge in [-0.1, -0.05) is 17.7 Å². The van der Waals surface area contributed by atoms with Crippen molar-refractivity contribution in [1.29, 1.82) is 0 Å². The molecule has 0 radical (unpaired) electrons. The number of rotatable bonds is 4. The van der Waals surface area contributed by atoms with E-state index in [1.54, 1.807) is 11.4 Å². The molecule has 0 bridgehead atoms. The van der Waals surface area contributed by atoms with E-state index in [2.05, 4.69) is 5.32 Å². The van der Waals surface area contributed by atoms with Crippen molar-refractivity contribution < 1.29 is 9.18 Å². The number of halogens is 2. The van der Waals surface area contributed by atoms with Crippen LogP contribution in [-0.4, -0.2) is 15.0 Å². The van der Waals surface area contributed by atoms with Gasteiger partial charge >= 0.3 is 5.69 Å². The second-order valence-corrected chi connectivity index (χ2v) is 6.70. The van der Waals surface area contributed by atoms with Crippen molar-refractivity contribution in [3.63, 3.8) is 0 Å². The van der Waals surface area contributed by atoms with E-state index in [-0.39, 0.29) is 23.7 Å². The van der Waals surface area contributed by atoms with Crippen LogP contribution in [0.1, 0.15) is 5.56 Å². The zero-order valence-corrected chi connectivity index (χ0v) is 14.7. The van der Waals surface area contributed by atoms with Gasteiger partial charge in [0.25, 0.3) is 5.56 Å². The first-order valence-corrected chi connectivity index (χ1v) is 8.52. The van der Waals surface area contributed by atoms with E-state index >= 15 is 0 Å². The number of aromatic nitrogens is 2. The normalized spacial score (nSPS) is 11.0. The molecule has 2 heterocycles. The van der Waals surface area contributed by atoms with Gasteiger partial charge in [-0.25, -0.2) is 9.18 Å². The highest BCUT2D eigenvalue weighted by Crippen LogP contribution is 2.17. The van der Waals surface area contributed by atoms with E-state index in [0.717, 1.165) is 10.6 Å². The number of nitrogens with zero attached hydrogens (tertiary/aromatic N) is 2. The van der Waals surface area contributed by atoms with Crippen LogP contribution in [0.3, 0.4) is 0 Å². The molecule has 0 saturated carbocycles. The Labute approximate surface area is 150 Å². The Morgan fingerprint density at radius 1 is 1.32 bits per heavy atom. The average Bonchev–Trinajstić information content (AvgIpc) is 3.05. The number of fused-ring (bicyclic) bond motifs is 1. The first kappa shape index (κ1) is 17.4. The molecule has 0 atom stereocenters. The molecule has 0 aliphatic carbocycles. The summed E-state index contributed by atoms with van der Waals surface area (Å²) < 4.78 is 15.7. The maximum atomic E-state index is 13.0. The average molecular weight is 382 g/mol. The van der Waals surface area contributed by atoms with Crippen LogP contribution in [-0.2, 0) is 24.9 Å². The Hall–Kier alpha value is -2.45. The molecule has 6 nitrogen and oxygen atoms in total. The Morgan fingerprint density at radius 2 is 2.08 bits per heavy atom. The van der Waals surface area contributed by atoms with Crippen molar-refractivity contribution in [1.82, 2.24) is 14.5 Å². The molecule has 0 spiro atoms. The molecular weight excluding hydrogens is 369 g/mol. The van der Waals surface area contributed by atoms with E-state index < -0.39 is 17.4 Å². The van der Waals surface area contributed by atoms with Crippen molar-refractivity contribution in [3.05, 3.63) is 66.9 Å². The topological polar surface area (TPSA) is 73.1 Å². The molecule has 2 aromatic heterocycles. The lowest BCUT2D eigenvalue weighted by atomic mass is 10.2. The molecule has 130 valence electrons. The fourth-order valence-corrected chi connectivity index (χ4v) is 3.51. The van der Waals surface area contributed by atoms with Crippen LogP contribution in [0.15, 0.2) is 39.2 Å². The first-order valence-electron chi connectivity index (χ1n) is 7.26. The molecule has 0 fully saturated rings. The van der Waals surface area contributed by atoms with Crippen LogP contribution < -0.4 is 16.6 Å². The molecular formula is C16H13ClFN3O3S. The number of nitrogens with one attached hydrogen (secondary N) is 1. The summed E-state index contributed by atoms with van der Waals surface area (Å²) in [6.07, 6.45) is 0. The van der Waals surface area contributed by atoms with Gasteiger partial charge in [-0.15, -0.1) is 11.3 Å². The largest absolute Gasteiger partial charge is 0.350 e. The summed E-state index contributed by atoms with van der Waals surface area (Å²) in [5, 5.41) is 4.54. The third-order valence-corrected chi connectivity index (χ3v) is 4.99. The molecule has 1 N–H and O–H groups in total. The lowest BCUT2D eigenvalue weighted by molar-refractivity contribution is -0.121. The zero-order valence-electron chi connectivity index (χ0n) is 13.1. The van der Waals surface area contributed by atoms with Gasteiger partial charge in [-0.3, -0.25) is 18.7 Å². The second kappa shape index (κ2) is 6.81. The van der Waals surface area contributed by atoms with E-state index in [9.17, 15) is 18.8 Å². The number of benzene rings is 1. The molecule has 1 amide bonds. The minimum Gasteiger partial charge on any atom is -0.350 e. The monoisotopic (exact) mass is 381 g/mol. The maximum absolute atomic E-state index is 13.0. The molecule has 3 rings (SSSR count). The smallest absolute Gasteiger partial charge is 0.331 e. The highest BCUT2D eigenvalue weighted by atomic mass is 35.5. The van der Waals surface area contributed by atoms with Crippen molar-refractivity contribution >= 4 is 39.1 Å². The van der Waals surface area contributed by atoms with Gasteiger partial charge in [0.1, 0.15) is 17.1 Å². The van der Waals surface area contributed by atoms with Crippen LogP contribution in [0.2, 0.25) is 5.02 Å². The minimum absolute atomic E-state index is 0.102. The predicted octanol–water partition coefficient (Wildman–Crippen LogP) is 1.87. The van der Waals surface area contributed by atoms with Crippen molar-refractivity contribution in [2.24, 2.45) is 7.05 Å². The van der Waals surface area contributed by atoms with Crippen LogP contribution in [0.5, 0.6) is 0 Å². The van der Waals surface area contributed by atoms with Crippen LogP contribution in [0.25, 0.3) is 10.2 Å². The van der Waals surface area contributed by atoms with Crippen LogP contribution >= 0.6 is 22.9 Å². The predicted molar refractivity (Wildman–Crippen MR) is 94.6 cm³/mol. The van der Waals surface area contributed by atoms with Gasteiger partial charge in [0.2, 0.25) is 5.91 Å². The number of thiophene rings is 1. The maximum Gasteiger partial charge on any atom is 0.331 e. The highest BCUT2D eigenvalue weighted by Gasteiger charge is 2.14. The summed E-state index contributed by atoms with van der Waals surface area (Å²) in [5.41, 5.74) is 0.0357. The number of hydrogen-bond acceptors (Lipinski definition) is 4. The van der Waals surface area contributed by atoms with Gasteiger partial charge < -0.3 is 5.32 Å². The fourth-order valence-electron chi connectivity index (χ4n) is 2.41. The van der Waals surface area contributed by atoms with Crippen molar-refractivity contribution in [2.45, 2.75) is 13.1 Å². The summed E-state index contributed by atoms with van der Waals surface area (Å²) >= 11 is 7.13. The third kappa shape index (κ3) is 3.35.